The quantitative estimate of drug-likeness (QED) is 0.849. The molecule has 0 N–H and O–H groups in total. The zero-order valence-electron chi connectivity index (χ0n) is 12.5. The van der Waals surface area contributed by atoms with Crippen LogP contribution >= 0.6 is 0 Å². The lowest BCUT2D eigenvalue weighted by Gasteiger charge is -2.21. The average Bonchev–Trinajstić information content (AvgIpc) is 2.55. The lowest BCUT2D eigenvalue weighted by Crippen LogP contribution is -2.37. The van der Waals surface area contributed by atoms with Crippen LogP contribution in [0.15, 0.2) is 54.6 Å². The van der Waals surface area contributed by atoms with Crippen molar-refractivity contribution < 1.29 is 13.4 Å². The van der Waals surface area contributed by atoms with E-state index in [1.165, 1.54) is 17.0 Å². The first-order valence-electron chi connectivity index (χ1n) is 6.93. The molecular formula is C17H18FNO2S. The van der Waals surface area contributed by atoms with Crippen molar-refractivity contribution in [3.8, 4) is 0 Å². The van der Waals surface area contributed by atoms with Gasteiger partial charge in [-0.15, -0.1) is 0 Å². The molecule has 5 heteroatoms. The highest BCUT2D eigenvalue weighted by Crippen LogP contribution is 2.15. The average molecular weight is 319 g/mol. The van der Waals surface area contributed by atoms with E-state index < -0.39 is 16.0 Å². The van der Waals surface area contributed by atoms with Crippen LogP contribution < -0.4 is 4.90 Å². The Kier molecular flexibility index (Phi) is 5.44. The van der Waals surface area contributed by atoms with Crippen molar-refractivity contribution >= 4 is 22.4 Å². The fourth-order valence-corrected chi connectivity index (χ4v) is 3.19. The molecule has 0 radical (unpaired) electrons. The number of rotatable bonds is 5. The number of anilines is 1. The number of carbonyl (C=O) groups is 1. The van der Waals surface area contributed by atoms with E-state index in [4.69, 9.17) is 0 Å². The molecular weight excluding hydrogens is 301 g/mol. The van der Waals surface area contributed by atoms with E-state index >= 15 is 0 Å². The number of amides is 1. The number of hydrogen-bond donors (Lipinski definition) is 0. The second kappa shape index (κ2) is 7.31. The van der Waals surface area contributed by atoms with Gasteiger partial charge in [0.2, 0.25) is 5.91 Å². The molecule has 0 bridgehead atoms. The Balaban J connectivity index is 2.03. The minimum Gasteiger partial charge on any atom is -0.314 e. The maximum Gasteiger partial charge on any atom is 0.242 e. The summed E-state index contributed by atoms with van der Waals surface area (Å²) in [5, 5.41) is -0.629. The molecule has 116 valence electrons. The molecule has 22 heavy (non-hydrogen) atoms. The Morgan fingerprint density at radius 2 is 1.73 bits per heavy atom. The van der Waals surface area contributed by atoms with Crippen molar-refractivity contribution in [1.29, 1.82) is 0 Å². The molecule has 2 rings (SSSR count). The van der Waals surface area contributed by atoms with Crippen LogP contribution in [0.5, 0.6) is 0 Å². The van der Waals surface area contributed by atoms with Gasteiger partial charge in [-0.2, -0.15) is 0 Å². The van der Waals surface area contributed by atoms with E-state index in [0.29, 0.717) is 0 Å². The Morgan fingerprint density at radius 3 is 2.32 bits per heavy atom. The van der Waals surface area contributed by atoms with Crippen molar-refractivity contribution in [3.05, 3.63) is 66.0 Å². The smallest absolute Gasteiger partial charge is 0.242 e. The molecule has 0 spiro atoms. The zero-order valence-corrected chi connectivity index (χ0v) is 13.3. The van der Waals surface area contributed by atoms with Crippen molar-refractivity contribution in [2.75, 3.05) is 11.9 Å². The third kappa shape index (κ3) is 4.01. The van der Waals surface area contributed by atoms with Gasteiger partial charge in [-0.1, -0.05) is 30.3 Å². The van der Waals surface area contributed by atoms with Gasteiger partial charge in [0, 0.05) is 29.3 Å². The summed E-state index contributed by atoms with van der Waals surface area (Å²) in [4.78, 5) is 13.9. The first-order chi connectivity index (χ1) is 10.5. The van der Waals surface area contributed by atoms with E-state index in [1.54, 1.807) is 26.1 Å². The van der Waals surface area contributed by atoms with Crippen LogP contribution in [0.25, 0.3) is 0 Å². The molecule has 0 saturated carbocycles. The molecule has 0 saturated heterocycles. The van der Waals surface area contributed by atoms with E-state index in [-0.39, 0.29) is 17.5 Å². The van der Waals surface area contributed by atoms with Crippen molar-refractivity contribution in [2.24, 2.45) is 0 Å². The molecule has 3 nitrogen and oxygen atoms in total. The number of hydrogen-bond acceptors (Lipinski definition) is 2. The topological polar surface area (TPSA) is 37.4 Å². The molecule has 2 aromatic carbocycles. The SMILES string of the molecule is C[C@H](C(=O)N(C)c1ccccc1)[S@](=O)Cc1ccc(F)cc1. The van der Waals surface area contributed by atoms with Crippen LogP contribution in [0.4, 0.5) is 10.1 Å². The summed E-state index contributed by atoms with van der Waals surface area (Å²) < 4.78 is 25.2. The Bertz CT molecular complexity index is 658. The maximum absolute atomic E-state index is 12.9. The van der Waals surface area contributed by atoms with Crippen molar-refractivity contribution in [3.63, 3.8) is 0 Å². The minimum absolute atomic E-state index is 0.202. The summed E-state index contributed by atoms with van der Waals surface area (Å²) in [6, 6.07) is 15.1. The predicted molar refractivity (Wildman–Crippen MR) is 87.6 cm³/mol. The second-order valence-electron chi connectivity index (χ2n) is 5.03. The van der Waals surface area contributed by atoms with E-state index in [9.17, 15) is 13.4 Å². The largest absolute Gasteiger partial charge is 0.314 e. The predicted octanol–water partition coefficient (Wildman–Crippen LogP) is 3.13. The van der Waals surface area contributed by atoms with Crippen LogP contribution in [0, 0.1) is 5.82 Å². The number of nitrogens with zero attached hydrogens (tertiary/aromatic N) is 1. The van der Waals surface area contributed by atoms with Gasteiger partial charge in [-0.25, -0.2) is 4.39 Å². The van der Waals surface area contributed by atoms with Gasteiger partial charge < -0.3 is 4.90 Å². The third-order valence-corrected chi connectivity index (χ3v) is 5.05. The third-order valence-electron chi connectivity index (χ3n) is 3.44. The standard InChI is InChI=1S/C17H18FNO2S/c1-13(17(20)19(2)16-6-4-3-5-7-16)22(21)12-14-8-10-15(18)11-9-14/h3-11,13H,12H2,1-2H3/t13-,22-/m1/s1. The maximum atomic E-state index is 12.9. The van der Waals surface area contributed by atoms with Gasteiger partial charge in [0.15, 0.2) is 0 Å². The lowest BCUT2D eigenvalue weighted by atomic mass is 10.2. The molecule has 0 aliphatic heterocycles. The molecule has 0 aliphatic carbocycles. The molecule has 0 unspecified atom stereocenters. The summed E-state index contributed by atoms with van der Waals surface area (Å²) in [6.45, 7) is 1.65. The van der Waals surface area contributed by atoms with Crippen LogP contribution in [-0.4, -0.2) is 22.4 Å². The Labute approximate surface area is 132 Å². The van der Waals surface area contributed by atoms with Crippen LogP contribution in [0.1, 0.15) is 12.5 Å². The number of para-hydroxylation sites is 1. The molecule has 0 fully saturated rings. The van der Waals surface area contributed by atoms with Crippen LogP contribution in [0.3, 0.4) is 0 Å². The number of halogens is 1. The normalized spacial score (nSPS) is 13.4. The second-order valence-corrected chi connectivity index (χ2v) is 6.78. The van der Waals surface area contributed by atoms with Gasteiger partial charge in [0.05, 0.1) is 0 Å². The van der Waals surface area contributed by atoms with Crippen molar-refractivity contribution in [1.82, 2.24) is 0 Å². The zero-order chi connectivity index (χ0) is 16.1. The fraction of sp³-hybridized carbons (Fsp3) is 0.235. The van der Waals surface area contributed by atoms with Gasteiger partial charge in [0.25, 0.3) is 0 Å². The molecule has 2 atom stereocenters. The highest BCUT2D eigenvalue weighted by Gasteiger charge is 2.24. The van der Waals surface area contributed by atoms with Gasteiger partial charge in [0.1, 0.15) is 11.1 Å². The minimum atomic E-state index is -1.36. The monoisotopic (exact) mass is 319 g/mol. The summed E-state index contributed by atoms with van der Waals surface area (Å²) in [5.74, 6) is -0.301. The summed E-state index contributed by atoms with van der Waals surface area (Å²) in [7, 11) is 0.309. The molecule has 2 aromatic rings. The molecule has 0 aromatic heterocycles. The summed E-state index contributed by atoms with van der Waals surface area (Å²) >= 11 is 0. The highest BCUT2D eigenvalue weighted by molar-refractivity contribution is 7.85. The fourth-order valence-electron chi connectivity index (χ4n) is 2.03. The van der Waals surface area contributed by atoms with E-state index in [0.717, 1.165) is 11.3 Å². The molecule has 0 aliphatic rings. The Hall–Kier alpha value is -2.01. The Morgan fingerprint density at radius 1 is 1.14 bits per heavy atom. The summed E-state index contributed by atoms with van der Waals surface area (Å²) in [6.07, 6.45) is 0. The molecule has 1 amide bonds. The molecule has 0 heterocycles. The van der Waals surface area contributed by atoms with Crippen LogP contribution in [-0.2, 0) is 21.3 Å². The van der Waals surface area contributed by atoms with Gasteiger partial charge in [-0.3, -0.25) is 9.00 Å². The van der Waals surface area contributed by atoms with Gasteiger partial charge in [-0.05, 0) is 36.8 Å². The van der Waals surface area contributed by atoms with Crippen molar-refractivity contribution in [2.45, 2.75) is 17.9 Å². The van der Waals surface area contributed by atoms with E-state index in [2.05, 4.69) is 0 Å². The number of carbonyl (C=O) groups excluding carboxylic acids is 1. The van der Waals surface area contributed by atoms with E-state index in [1.807, 2.05) is 30.3 Å². The first kappa shape index (κ1) is 16.4. The lowest BCUT2D eigenvalue weighted by molar-refractivity contribution is -0.117. The number of benzene rings is 2. The summed E-state index contributed by atoms with van der Waals surface area (Å²) in [5.41, 5.74) is 1.51. The first-order valence-corrected chi connectivity index (χ1v) is 8.31. The van der Waals surface area contributed by atoms with Gasteiger partial charge >= 0.3 is 0 Å². The highest BCUT2D eigenvalue weighted by atomic mass is 32.2. The van der Waals surface area contributed by atoms with Crippen LogP contribution in [0.2, 0.25) is 0 Å².